The first kappa shape index (κ1) is 26.6. The van der Waals surface area contributed by atoms with Crippen LogP contribution in [-0.2, 0) is 5.67 Å². The molecule has 0 saturated carbocycles. The Bertz CT molecular complexity index is 1080. The van der Waals surface area contributed by atoms with E-state index in [4.69, 9.17) is 11.6 Å². The van der Waals surface area contributed by atoms with E-state index in [1.807, 2.05) is 13.2 Å². The molecule has 3 nitrogen and oxygen atoms in total. The predicted molar refractivity (Wildman–Crippen MR) is 118 cm³/mol. The number of nitrogens with zero attached hydrogens (tertiary/aromatic N) is 1. The summed E-state index contributed by atoms with van der Waals surface area (Å²) in [6.45, 7) is 3.07. The van der Waals surface area contributed by atoms with E-state index in [2.05, 4.69) is 5.32 Å². The third-order valence-electron chi connectivity index (χ3n) is 5.53. The van der Waals surface area contributed by atoms with E-state index in [0.717, 1.165) is 6.07 Å². The number of halogens is 8. The molecule has 1 heterocycles. The Morgan fingerprint density at radius 2 is 1.71 bits per heavy atom. The molecule has 12 heteroatoms. The van der Waals surface area contributed by atoms with E-state index < -0.39 is 35.7 Å². The zero-order valence-corrected chi connectivity index (χ0v) is 19.7. The van der Waals surface area contributed by atoms with Gasteiger partial charge in [-0.25, -0.2) is 4.39 Å². The van der Waals surface area contributed by atoms with Gasteiger partial charge >= 0.3 is 18.0 Å². The number of carbonyl (C=O) groups is 1. The van der Waals surface area contributed by atoms with Gasteiger partial charge in [0.05, 0.1) is 0 Å². The summed E-state index contributed by atoms with van der Waals surface area (Å²) in [6.07, 6.45) is -11.4. The Balaban J connectivity index is 2.13. The first-order chi connectivity index (χ1) is 15.6. The SMILES string of the molecule is CSCC(C)NC1c2c(Cl)cccc2C(=O)N1c1ccc(C(F)(C(F)(F)F)C(F)(F)F)cc1C. The van der Waals surface area contributed by atoms with Crippen LogP contribution in [0.15, 0.2) is 36.4 Å². The molecule has 1 aliphatic heterocycles. The van der Waals surface area contributed by atoms with Gasteiger partial charge in [-0.15, -0.1) is 0 Å². The van der Waals surface area contributed by atoms with Crippen molar-refractivity contribution in [1.82, 2.24) is 5.32 Å². The normalized spacial score (nSPS) is 17.8. The van der Waals surface area contributed by atoms with Gasteiger partial charge in [-0.05, 0) is 43.9 Å². The second-order valence-electron chi connectivity index (χ2n) is 7.96. The quantitative estimate of drug-likeness (QED) is 0.412. The number of carbonyl (C=O) groups excluding carboxylic acids is 1. The van der Waals surface area contributed by atoms with Crippen LogP contribution in [0.2, 0.25) is 5.02 Å². The maximum atomic E-state index is 14.5. The van der Waals surface area contributed by atoms with Crippen LogP contribution in [0.3, 0.4) is 0 Å². The van der Waals surface area contributed by atoms with Crippen molar-refractivity contribution in [1.29, 1.82) is 0 Å². The number of fused-ring (bicyclic) bond motifs is 1. The highest BCUT2D eigenvalue weighted by Crippen LogP contribution is 2.54. The first-order valence-corrected chi connectivity index (χ1v) is 11.7. The topological polar surface area (TPSA) is 32.3 Å². The second kappa shape index (κ2) is 9.23. The van der Waals surface area contributed by atoms with Crippen LogP contribution in [0, 0.1) is 6.92 Å². The minimum absolute atomic E-state index is 0.0292. The van der Waals surface area contributed by atoms with E-state index in [-0.39, 0.29) is 27.9 Å². The Labute approximate surface area is 200 Å². The average molecular weight is 529 g/mol. The number of anilines is 1. The number of thioether (sulfide) groups is 1. The van der Waals surface area contributed by atoms with E-state index in [0.29, 0.717) is 23.4 Å². The van der Waals surface area contributed by atoms with Crippen LogP contribution >= 0.6 is 23.4 Å². The summed E-state index contributed by atoms with van der Waals surface area (Å²) in [6, 6.07) is 6.30. The molecule has 0 saturated heterocycles. The minimum atomic E-state index is -6.23. The third-order valence-corrected chi connectivity index (χ3v) is 6.69. The van der Waals surface area contributed by atoms with Crippen molar-refractivity contribution in [2.75, 3.05) is 16.9 Å². The van der Waals surface area contributed by atoms with Crippen LogP contribution in [0.5, 0.6) is 0 Å². The van der Waals surface area contributed by atoms with Crippen molar-refractivity contribution in [2.24, 2.45) is 0 Å². The summed E-state index contributed by atoms with van der Waals surface area (Å²) >= 11 is 7.88. The van der Waals surface area contributed by atoms with Crippen molar-refractivity contribution in [3.05, 3.63) is 63.7 Å². The summed E-state index contributed by atoms with van der Waals surface area (Å²) in [5, 5.41) is 3.51. The van der Waals surface area contributed by atoms with Crippen molar-refractivity contribution in [3.63, 3.8) is 0 Å². The predicted octanol–water partition coefficient (Wildman–Crippen LogP) is 6.94. The summed E-state index contributed by atoms with van der Waals surface area (Å²) in [5.41, 5.74) is -6.60. The molecule has 0 spiro atoms. The number of benzene rings is 2. The fourth-order valence-electron chi connectivity index (χ4n) is 3.98. The molecule has 186 valence electrons. The molecule has 0 aliphatic carbocycles. The van der Waals surface area contributed by atoms with Crippen LogP contribution in [0.1, 0.15) is 40.1 Å². The van der Waals surface area contributed by atoms with Gasteiger partial charge in [0, 0.05) is 39.2 Å². The molecule has 2 atom stereocenters. The third kappa shape index (κ3) is 4.37. The first-order valence-electron chi connectivity index (χ1n) is 9.95. The van der Waals surface area contributed by atoms with Crippen LogP contribution in [-0.4, -0.2) is 36.3 Å². The highest BCUT2D eigenvalue weighted by Gasteiger charge is 2.73. The van der Waals surface area contributed by atoms with Crippen LogP contribution in [0.4, 0.5) is 36.4 Å². The average Bonchev–Trinajstić information content (AvgIpc) is 2.98. The maximum absolute atomic E-state index is 14.5. The van der Waals surface area contributed by atoms with E-state index in [9.17, 15) is 35.5 Å². The molecule has 2 unspecified atom stereocenters. The smallest absolute Gasteiger partial charge is 0.290 e. The highest BCUT2D eigenvalue weighted by atomic mass is 35.5. The Hall–Kier alpha value is -1.98. The van der Waals surface area contributed by atoms with Gasteiger partial charge in [0.1, 0.15) is 6.17 Å². The van der Waals surface area contributed by atoms with Crippen LogP contribution in [0.25, 0.3) is 0 Å². The van der Waals surface area contributed by atoms with Crippen molar-refractivity contribution < 1.29 is 35.5 Å². The van der Waals surface area contributed by atoms with Gasteiger partial charge in [0.2, 0.25) is 0 Å². The van der Waals surface area contributed by atoms with E-state index in [1.54, 1.807) is 12.1 Å². The van der Waals surface area contributed by atoms with Gasteiger partial charge in [-0.3, -0.25) is 15.0 Å². The number of hydrogen-bond donors (Lipinski definition) is 1. The number of nitrogens with one attached hydrogen (secondary N) is 1. The number of hydrogen-bond acceptors (Lipinski definition) is 3. The lowest BCUT2D eigenvalue weighted by Crippen LogP contribution is -2.50. The van der Waals surface area contributed by atoms with Gasteiger partial charge in [0.25, 0.3) is 5.91 Å². The summed E-state index contributed by atoms with van der Waals surface area (Å²) in [7, 11) is 0. The summed E-state index contributed by atoms with van der Waals surface area (Å²) in [5.74, 6) is 0.109. The molecule has 2 aromatic carbocycles. The maximum Gasteiger partial charge on any atom is 0.435 e. The summed E-state index contributed by atoms with van der Waals surface area (Å²) < 4.78 is 93.7. The number of amides is 1. The lowest BCUT2D eigenvalue weighted by Gasteiger charge is -2.33. The zero-order valence-electron chi connectivity index (χ0n) is 18.1. The highest BCUT2D eigenvalue weighted by molar-refractivity contribution is 7.98. The Morgan fingerprint density at radius 1 is 1.09 bits per heavy atom. The van der Waals surface area contributed by atoms with Gasteiger partial charge < -0.3 is 0 Å². The molecule has 1 amide bonds. The molecule has 3 rings (SSSR count). The van der Waals surface area contributed by atoms with Crippen molar-refractivity contribution in [2.45, 2.75) is 44.1 Å². The molecule has 0 aromatic heterocycles. The van der Waals surface area contributed by atoms with Gasteiger partial charge in [0.15, 0.2) is 0 Å². The number of rotatable bonds is 6. The number of aryl methyl sites for hydroxylation is 1. The van der Waals surface area contributed by atoms with Crippen molar-refractivity contribution in [3.8, 4) is 0 Å². The van der Waals surface area contributed by atoms with E-state index >= 15 is 0 Å². The van der Waals surface area contributed by atoms with Crippen LogP contribution < -0.4 is 10.2 Å². The van der Waals surface area contributed by atoms with Gasteiger partial charge in [-0.2, -0.15) is 38.1 Å². The molecule has 0 radical (unpaired) electrons. The fourth-order valence-corrected chi connectivity index (χ4v) is 4.85. The minimum Gasteiger partial charge on any atom is -0.290 e. The molecule has 0 bridgehead atoms. The molecule has 1 N–H and O–H groups in total. The lowest BCUT2D eigenvalue weighted by atomic mass is 9.92. The fraction of sp³-hybridized carbons (Fsp3) is 0.409. The standard InChI is InChI=1S/C22H20ClF7N2OS/c1-11-9-13(20(24,21(25,26)27)22(28,29)30)7-8-16(11)32-18(31-12(2)10-34-3)17-14(19(32)33)5-4-6-15(17)23/h4-9,12,18,31H,10H2,1-3H3. The van der Waals surface area contributed by atoms with Crippen molar-refractivity contribution >= 4 is 35.0 Å². The van der Waals surface area contributed by atoms with E-state index in [1.165, 1.54) is 29.7 Å². The molecule has 0 fully saturated rings. The van der Waals surface area contributed by atoms with Gasteiger partial charge in [-0.1, -0.05) is 29.8 Å². The summed E-state index contributed by atoms with van der Waals surface area (Å²) in [4.78, 5) is 14.5. The largest absolute Gasteiger partial charge is 0.435 e. The molecule has 1 aliphatic rings. The Morgan fingerprint density at radius 3 is 2.24 bits per heavy atom. The second-order valence-corrected chi connectivity index (χ2v) is 9.27. The zero-order chi connectivity index (χ0) is 25.6. The molecular weight excluding hydrogens is 509 g/mol. The molecule has 2 aromatic rings. The lowest BCUT2D eigenvalue weighted by molar-refractivity contribution is -0.348. The monoisotopic (exact) mass is 528 g/mol. The Kier molecular flexibility index (Phi) is 7.23. The molecular formula is C22H20ClF7N2OS. The molecule has 34 heavy (non-hydrogen) atoms. The number of alkyl halides is 7.